The number of benzene rings is 2. The van der Waals surface area contributed by atoms with Crippen LogP contribution in [0.1, 0.15) is 5.56 Å². The van der Waals surface area contributed by atoms with Crippen molar-refractivity contribution in [1.82, 2.24) is 9.97 Å². The van der Waals surface area contributed by atoms with Gasteiger partial charge in [0.1, 0.15) is 0 Å². The lowest BCUT2D eigenvalue weighted by atomic mass is 10.2. The number of fused-ring (bicyclic) bond motifs is 1. The number of H-pyrrole nitrogens is 1. The minimum Gasteiger partial charge on any atom is -0.326 e. The predicted molar refractivity (Wildman–Crippen MR) is 76.8 cm³/mol. The predicted octanol–water partition coefficient (Wildman–Crippen LogP) is 2.98. The second-order valence-corrected chi connectivity index (χ2v) is 4.42. The van der Waals surface area contributed by atoms with E-state index in [1.54, 1.807) is 6.07 Å². The van der Waals surface area contributed by atoms with Crippen LogP contribution in [0, 0.1) is 6.92 Å². The topological polar surface area (TPSA) is 57.8 Å². The zero-order valence-electron chi connectivity index (χ0n) is 10.5. The SMILES string of the molecule is Cc1ccc(Nc2nc3ccccc3c(=O)[nH]2)cc1. The first-order chi connectivity index (χ1) is 9.22. The monoisotopic (exact) mass is 251 g/mol. The molecule has 0 radical (unpaired) electrons. The molecule has 0 amide bonds. The van der Waals surface area contributed by atoms with E-state index in [1.807, 2.05) is 49.4 Å². The maximum Gasteiger partial charge on any atom is 0.260 e. The van der Waals surface area contributed by atoms with E-state index in [1.165, 1.54) is 5.56 Å². The van der Waals surface area contributed by atoms with Crippen LogP contribution in [-0.2, 0) is 0 Å². The van der Waals surface area contributed by atoms with Gasteiger partial charge >= 0.3 is 0 Å². The summed E-state index contributed by atoms with van der Waals surface area (Å²) in [5.41, 5.74) is 2.62. The average Bonchev–Trinajstić information content (AvgIpc) is 2.42. The number of para-hydroxylation sites is 1. The van der Waals surface area contributed by atoms with E-state index >= 15 is 0 Å². The van der Waals surface area contributed by atoms with Crippen LogP contribution in [0.4, 0.5) is 11.6 Å². The molecule has 2 N–H and O–H groups in total. The zero-order valence-corrected chi connectivity index (χ0v) is 10.5. The van der Waals surface area contributed by atoms with E-state index in [2.05, 4.69) is 15.3 Å². The van der Waals surface area contributed by atoms with Gasteiger partial charge in [-0.2, -0.15) is 0 Å². The molecule has 94 valence electrons. The van der Waals surface area contributed by atoms with Crippen molar-refractivity contribution in [3.63, 3.8) is 0 Å². The van der Waals surface area contributed by atoms with Crippen molar-refractivity contribution >= 4 is 22.5 Å². The van der Waals surface area contributed by atoms with Crippen molar-refractivity contribution in [2.24, 2.45) is 0 Å². The Bertz CT molecular complexity index is 775. The molecular formula is C15H13N3O. The lowest BCUT2D eigenvalue weighted by Gasteiger charge is -2.06. The second-order valence-electron chi connectivity index (χ2n) is 4.42. The van der Waals surface area contributed by atoms with Gasteiger partial charge in [0.2, 0.25) is 5.95 Å². The minimum absolute atomic E-state index is 0.139. The van der Waals surface area contributed by atoms with Gasteiger partial charge in [0.15, 0.2) is 0 Å². The lowest BCUT2D eigenvalue weighted by molar-refractivity contribution is 1.17. The molecule has 0 aliphatic carbocycles. The molecule has 1 aromatic heterocycles. The first-order valence-electron chi connectivity index (χ1n) is 6.05. The van der Waals surface area contributed by atoms with Crippen molar-refractivity contribution in [2.75, 3.05) is 5.32 Å². The van der Waals surface area contributed by atoms with Gasteiger partial charge in [-0.05, 0) is 31.2 Å². The van der Waals surface area contributed by atoms with Gasteiger partial charge in [0.05, 0.1) is 10.9 Å². The standard InChI is InChI=1S/C15H13N3O/c1-10-6-8-11(9-7-10)16-15-17-13-5-3-2-4-12(13)14(19)18-15/h2-9H,1H3,(H2,16,17,18,19). The maximum absolute atomic E-state index is 11.9. The molecule has 4 nitrogen and oxygen atoms in total. The Morgan fingerprint density at radius 1 is 1.05 bits per heavy atom. The highest BCUT2D eigenvalue weighted by Crippen LogP contribution is 2.14. The average molecular weight is 251 g/mol. The number of hydrogen-bond acceptors (Lipinski definition) is 3. The molecule has 0 saturated carbocycles. The van der Waals surface area contributed by atoms with Crippen LogP contribution < -0.4 is 10.9 Å². The maximum atomic E-state index is 11.9. The Balaban J connectivity index is 2.01. The van der Waals surface area contributed by atoms with Gasteiger partial charge in [-0.25, -0.2) is 4.98 Å². The Hall–Kier alpha value is -2.62. The number of aromatic amines is 1. The summed E-state index contributed by atoms with van der Waals surface area (Å²) in [6.07, 6.45) is 0. The van der Waals surface area contributed by atoms with E-state index in [9.17, 15) is 4.79 Å². The van der Waals surface area contributed by atoms with Crippen molar-refractivity contribution in [3.05, 3.63) is 64.4 Å². The molecule has 0 aliphatic rings. The molecule has 1 heterocycles. The third-order valence-electron chi connectivity index (χ3n) is 2.93. The number of rotatable bonds is 2. The molecule has 0 fully saturated rings. The summed E-state index contributed by atoms with van der Waals surface area (Å²) in [5, 5.41) is 3.69. The van der Waals surface area contributed by atoms with Crippen molar-refractivity contribution in [1.29, 1.82) is 0 Å². The van der Waals surface area contributed by atoms with Crippen molar-refractivity contribution in [2.45, 2.75) is 6.92 Å². The van der Waals surface area contributed by atoms with Gasteiger partial charge in [-0.1, -0.05) is 29.8 Å². The Morgan fingerprint density at radius 2 is 1.79 bits per heavy atom. The number of aromatic nitrogens is 2. The summed E-state index contributed by atoms with van der Waals surface area (Å²) < 4.78 is 0. The molecule has 19 heavy (non-hydrogen) atoms. The highest BCUT2D eigenvalue weighted by molar-refractivity contribution is 5.78. The first kappa shape index (κ1) is 11.5. The van der Waals surface area contributed by atoms with Crippen LogP contribution in [-0.4, -0.2) is 9.97 Å². The minimum atomic E-state index is -0.139. The van der Waals surface area contributed by atoms with E-state index in [0.29, 0.717) is 16.9 Å². The van der Waals surface area contributed by atoms with Gasteiger partial charge in [0, 0.05) is 5.69 Å². The molecular weight excluding hydrogens is 238 g/mol. The molecule has 0 saturated heterocycles. The van der Waals surface area contributed by atoms with Gasteiger partial charge < -0.3 is 5.32 Å². The summed E-state index contributed by atoms with van der Waals surface area (Å²) in [7, 11) is 0. The number of anilines is 2. The third-order valence-corrected chi connectivity index (χ3v) is 2.93. The highest BCUT2D eigenvalue weighted by atomic mass is 16.1. The number of nitrogens with one attached hydrogen (secondary N) is 2. The quantitative estimate of drug-likeness (QED) is 0.736. The second kappa shape index (κ2) is 4.57. The van der Waals surface area contributed by atoms with Crippen LogP contribution >= 0.6 is 0 Å². The normalized spacial score (nSPS) is 10.6. The molecule has 3 rings (SSSR count). The Labute approximate surface area is 110 Å². The molecule has 4 heteroatoms. The highest BCUT2D eigenvalue weighted by Gasteiger charge is 2.02. The summed E-state index contributed by atoms with van der Waals surface area (Å²) >= 11 is 0. The molecule has 2 aromatic carbocycles. The number of aryl methyl sites for hydroxylation is 1. The summed E-state index contributed by atoms with van der Waals surface area (Å²) in [6, 6.07) is 15.2. The fourth-order valence-corrected chi connectivity index (χ4v) is 1.92. The van der Waals surface area contributed by atoms with Crippen LogP contribution in [0.5, 0.6) is 0 Å². The van der Waals surface area contributed by atoms with E-state index in [4.69, 9.17) is 0 Å². The van der Waals surface area contributed by atoms with Gasteiger partial charge in [-0.3, -0.25) is 9.78 Å². The molecule has 0 spiro atoms. The van der Waals surface area contributed by atoms with Crippen molar-refractivity contribution < 1.29 is 0 Å². The molecule has 3 aromatic rings. The van der Waals surface area contributed by atoms with Crippen molar-refractivity contribution in [3.8, 4) is 0 Å². The molecule has 0 unspecified atom stereocenters. The Morgan fingerprint density at radius 3 is 2.58 bits per heavy atom. The summed E-state index contributed by atoms with van der Waals surface area (Å²) in [5.74, 6) is 0.451. The van der Waals surface area contributed by atoms with Crippen LogP contribution in [0.25, 0.3) is 10.9 Å². The molecule has 0 aliphatic heterocycles. The Kier molecular flexibility index (Phi) is 2.76. The fraction of sp³-hybridized carbons (Fsp3) is 0.0667. The lowest BCUT2D eigenvalue weighted by Crippen LogP contribution is -2.11. The van der Waals surface area contributed by atoms with E-state index in [-0.39, 0.29) is 5.56 Å². The largest absolute Gasteiger partial charge is 0.326 e. The number of hydrogen-bond donors (Lipinski definition) is 2. The van der Waals surface area contributed by atoms with Crippen LogP contribution in [0.3, 0.4) is 0 Å². The first-order valence-corrected chi connectivity index (χ1v) is 6.05. The summed E-state index contributed by atoms with van der Waals surface area (Å²) in [4.78, 5) is 19.0. The molecule has 0 bridgehead atoms. The van der Waals surface area contributed by atoms with E-state index < -0.39 is 0 Å². The summed E-state index contributed by atoms with van der Waals surface area (Å²) in [6.45, 7) is 2.03. The number of nitrogens with zero attached hydrogens (tertiary/aromatic N) is 1. The van der Waals surface area contributed by atoms with Gasteiger partial charge in [-0.15, -0.1) is 0 Å². The van der Waals surface area contributed by atoms with Crippen LogP contribution in [0.2, 0.25) is 0 Å². The smallest absolute Gasteiger partial charge is 0.260 e. The third kappa shape index (κ3) is 2.33. The van der Waals surface area contributed by atoms with Gasteiger partial charge in [0.25, 0.3) is 5.56 Å². The fourth-order valence-electron chi connectivity index (χ4n) is 1.92. The molecule has 0 atom stereocenters. The van der Waals surface area contributed by atoms with E-state index in [0.717, 1.165) is 5.69 Å². The van der Waals surface area contributed by atoms with Crippen LogP contribution in [0.15, 0.2) is 53.3 Å². The zero-order chi connectivity index (χ0) is 13.2.